The number of ketones is 4. The topological polar surface area (TPSA) is 599 Å². The van der Waals surface area contributed by atoms with Crippen LogP contribution >= 0.6 is 34.8 Å². The van der Waals surface area contributed by atoms with Crippen LogP contribution in [0.3, 0.4) is 0 Å². The van der Waals surface area contributed by atoms with Crippen LogP contribution in [0.4, 0.5) is 0 Å². The molecule has 0 bridgehead atoms. The quantitative estimate of drug-likeness (QED) is 0.00825. The van der Waals surface area contributed by atoms with Crippen LogP contribution in [0, 0.1) is 17.8 Å². The SMILES string of the molecule is CC(=O)[C@H](CO)CC(=O)[C@H](Cc1ccc2ccccc2c1)NC(=O)[C@@H]1CCCCN1C(=O)[C@H](CCC(=O)O)NC(=O)CCl.CC(N)=NCCC[C@H](CC(=O)[C@H](Cc1ccc(-c2ccccc2)cc1)NC(=O)[C@@H]1CCCCN1C(=O)[C@H](CCC(=O)O)NC(=O)CCl)C(N)=O.CC(N)=NCCC[C@H](CC(=O)[C@H](Cc1ccc2ccccc2c1)NC(=O)[C@@H]1CCCCN1C(=O)[C@H](CCC(=O)O)NC(=O)CCl)C(N)=O. The second-order valence-corrected chi connectivity index (χ2v) is 36.2. The van der Waals surface area contributed by atoms with Gasteiger partial charge in [0.05, 0.1) is 36.4 Å². The second-order valence-electron chi connectivity index (χ2n) is 35.4. The highest BCUT2D eigenvalue weighted by Gasteiger charge is 2.43. The predicted molar refractivity (Wildman–Crippen MR) is 532 cm³/mol. The molecule has 0 spiro atoms. The Morgan fingerprint density at radius 1 is 0.369 bits per heavy atom. The van der Waals surface area contributed by atoms with Crippen molar-refractivity contribution in [2.45, 2.75) is 236 Å². The summed E-state index contributed by atoms with van der Waals surface area (Å²) in [7, 11) is 0. The Labute approximate surface area is 833 Å². The van der Waals surface area contributed by atoms with Crippen LogP contribution in [0.25, 0.3) is 32.7 Å². The third-order valence-electron chi connectivity index (χ3n) is 24.7. The number of piperidine rings is 3. The minimum atomic E-state index is -1.20. The van der Waals surface area contributed by atoms with Crippen molar-refractivity contribution in [3.8, 4) is 11.1 Å². The third kappa shape index (κ3) is 38.4. The largest absolute Gasteiger partial charge is 0.481 e. The highest BCUT2D eigenvalue weighted by atomic mass is 35.5. The van der Waals surface area contributed by atoms with Crippen LogP contribution in [0.15, 0.2) is 150 Å². The van der Waals surface area contributed by atoms with Gasteiger partial charge in [-0.25, -0.2) is 0 Å². The number of amides is 11. The number of aliphatic hydroxyl groups excluding tert-OH is 1. The Hall–Kier alpha value is -13.1. The molecule has 18 N–H and O–H groups in total. The zero-order chi connectivity index (χ0) is 103. The van der Waals surface area contributed by atoms with Crippen molar-refractivity contribution in [2.24, 2.45) is 50.7 Å². The summed E-state index contributed by atoms with van der Waals surface area (Å²) in [6.07, 6.45) is 4.16. The molecule has 762 valence electrons. The molecule has 0 radical (unpaired) electrons. The molecule has 0 aliphatic carbocycles. The Morgan fingerprint density at radius 2 is 0.674 bits per heavy atom. The van der Waals surface area contributed by atoms with E-state index in [1.807, 2.05) is 140 Å². The van der Waals surface area contributed by atoms with E-state index in [0.29, 0.717) is 108 Å². The zero-order valence-electron chi connectivity index (χ0n) is 79.6. The molecule has 6 aromatic carbocycles. The number of carbonyl (C=O) groups excluding carboxylic acids is 15. The fraction of sp³-hybridized carbons (Fsp3) is 0.485. The first-order chi connectivity index (χ1) is 67.3. The molecule has 9 rings (SSSR count). The summed E-state index contributed by atoms with van der Waals surface area (Å²) in [4.78, 5) is 242. The summed E-state index contributed by atoms with van der Waals surface area (Å²) in [6.45, 7) is 5.46. The second kappa shape index (κ2) is 59.5. The number of nitrogens with two attached hydrogens (primary N) is 4. The van der Waals surface area contributed by atoms with Gasteiger partial charge in [-0.15, -0.1) is 34.8 Å². The average Bonchev–Trinajstić information content (AvgIpc) is 0.818. The van der Waals surface area contributed by atoms with E-state index in [9.17, 15) is 102 Å². The lowest BCUT2D eigenvalue weighted by atomic mass is 9.90. The number of hydrogen-bond acceptors (Lipinski definition) is 21. The molecular formula is C101H130Cl3N15O22. The number of aliphatic hydroxyl groups is 1. The molecule has 37 nitrogen and oxygen atoms in total. The summed E-state index contributed by atoms with van der Waals surface area (Å²) >= 11 is 16.9. The van der Waals surface area contributed by atoms with Gasteiger partial charge in [0.2, 0.25) is 65.0 Å². The molecule has 3 saturated heterocycles. The van der Waals surface area contributed by atoms with Gasteiger partial charge < -0.3 is 90.0 Å². The van der Waals surface area contributed by atoms with Crippen molar-refractivity contribution in [1.82, 2.24) is 46.6 Å². The van der Waals surface area contributed by atoms with Gasteiger partial charge in [-0.05, 0) is 192 Å². The number of carbonyl (C=O) groups is 18. The van der Waals surface area contributed by atoms with Gasteiger partial charge in [-0.2, -0.15) is 0 Å². The number of benzene rings is 6. The lowest BCUT2D eigenvalue weighted by molar-refractivity contribution is -0.146. The maximum atomic E-state index is 13.9. The van der Waals surface area contributed by atoms with Gasteiger partial charge >= 0.3 is 17.9 Å². The van der Waals surface area contributed by atoms with Crippen molar-refractivity contribution in [2.75, 3.05) is 57.0 Å². The van der Waals surface area contributed by atoms with Gasteiger partial charge in [0, 0.05) is 89.0 Å². The normalized spacial score (nSPS) is 16.8. The number of amidine groups is 2. The van der Waals surface area contributed by atoms with Gasteiger partial charge in [-0.3, -0.25) is 96.3 Å². The number of carboxylic acids is 3. The average molecular weight is 2010 g/mol. The summed E-state index contributed by atoms with van der Waals surface area (Å²) in [5.41, 5.74) is 26.9. The maximum absolute atomic E-state index is 13.9. The predicted octanol–water partition coefficient (Wildman–Crippen LogP) is 6.62. The monoisotopic (exact) mass is 2010 g/mol. The Balaban J connectivity index is 0.000000288. The molecule has 40 heteroatoms. The van der Waals surface area contributed by atoms with E-state index in [-0.39, 0.29) is 108 Å². The number of likely N-dealkylation sites (tertiary alicyclic amines) is 3. The van der Waals surface area contributed by atoms with E-state index in [1.54, 1.807) is 13.8 Å². The molecule has 3 aliphatic heterocycles. The molecule has 11 amide bonds. The summed E-state index contributed by atoms with van der Waals surface area (Å²) in [6, 6.07) is 34.6. The van der Waals surface area contributed by atoms with E-state index >= 15 is 0 Å². The molecule has 3 heterocycles. The van der Waals surface area contributed by atoms with Crippen LogP contribution in [0.1, 0.15) is 179 Å². The van der Waals surface area contributed by atoms with Crippen LogP contribution in [0.2, 0.25) is 0 Å². The molecule has 3 aliphatic rings. The number of primary amides is 2. The number of aliphatic carboxylic acids is 3. The van der Waals surface area contributed by atoms with E-state index < -0.39 is 191 Å². The minimum Gasteiger partial charge on any atom is -0.481 e. The van der Waals surface area contributed by atoms with Crippen molar-refractivity contribution >= 4 is 174 Å². The highest BCUT2D eigenvalue weighted by Crippen LogP contribution is 2.29. The highest BCUT2D eigenvalue weighted by molar-refractivity contribution is 6.28. The number of nitrogens with one attached hydrogen (secondary N) is 6. The number of carboxylic acid groups (broad SMARTS) is 3. The van der Waals surface area contributed by atoms with Gasteiger partial charge in [-0.1, -0.05) is 140 Å². The maximum Gasteiger partial charge on any atom is 0.303 e. The van der Waals surface area contributed by atoms with Crippen LogP contribution in [-0.4, -0.2) is 264 Å². The third-order valence-corrected chi connectivity index (χ3v) is 25.4. The molecule has 0 aromatic heterocycles. The van der Waals surface area contributed by atoms with Crippen LogP contribution < -0.4 is 54.8 Å². The number of Topliss-reactive ketones (excluding diaryl/α,β-unsaturated/α-hetero) is 4. The Morgan fingerprint density at radius 3 is 0.979 bits per heavy atom. The van der Waals surface area contributed by atoms with E-state index in [1.165, 1.54) is 21.6 Å². The van der Waals surface area contributed by atoms with Gasteiger partial charge in [0.25, 0.3) is 0 Å². The van der Waals surface area contributed by atoms with Crippen molar-refractivity contribution in [1.29, 1.82) is 0 Å². The Bertz CT molecular complexity index is 5410. The molecular weight excluding hydrogens is 1880 g/mol. The molecule has 12 atom stereocenters. The summed E-state index contributed by atoms with van der Waals surface area (Å²) < 4.78 is 0. The van der Waals surface area contributed by atoms with E-state index in [0.717, 1.165) is 49.4 Å². The number of fused-ring (bicyclic) bond motifs is 2. The number of alkyl halides is 3. The fourth-order valence-electron chi connectivity index (χ4n) is 17.1. The van der Waals surface area contributed by atoms with Crippen molar-refractivity contribution < 1.29 is 107 Å². The first kappa shape index (κ1) is 115. The first-order valence-electron chi connectivity index (χ1n) is 47.3. The van der Waals surface area contributed by atoms with Crippen LogP contribution in [-0.2, 0) is 106 Å². The number of hydrogen-bond donors (Lipinski definition) is 14. The lowest BCUT2D eigenvalue weighted by Gasteiger charge is -2.37. The number of rotatable bonds is 52. The lowest BCUT2D eigenvalue weighted by Crippen LogP contribution is -2.59. The zero-order valence-corrected chi connectivity index (χ0v) is 81.8. The Kier molecular flexibility index (Phi) is 48.4. The van der Waals surface area contributed by atoms with E-state index in [4.69, 9.17) is 62.8 Å². The van der Waals surface area contributed by atoms with Crippen LogP contribution in [0.5, 0.6) is 0 Å². The molecule has 0 unspecified atom stereocenters. The first-order valence-corrected chi connectivity index (χ1v) is 48.9. The minimum absolute atomic E-state index is 0.121. The number of aliphatic imine (C=N–C) groups is 2. The molecule has 0 saturated carbocycles. The molecule has 3 fully saturated rings. The van der Waals surface area contributed by atoms with E-state index in [2.05, 4.69) is 41.9 Å². The van der Waals surface area contributed by atoms with Gasteiger partial charge in [0.1, 0.15) is 59.7 Å². The van der Waals surface area contributed by atoms with Crippen molar-refractivity contribution in [3.05, 3.63) is 156 Å². The molecule has 6 aromatic rings. The summed E-state index contributed by atoms with van der Waals surface area (Å²) in [5, 5.41) is 57.0. The van der Waals surface area contributed by atoms with Crippen molar-refractivity contribution in [3.63, 3.8) is 0 Å². The molecule has 141 heavy (non-hydrogen) atoms. The number of halogens is 3. The smallest absolute Gasteiger partial charge is 0.303 e. The standard InChI is InChI=1S/C36H47ClN6O7.C34H45ClN6O7.C31H38ClN3O8/c1-23(38)40-18-7-10-27(34(39)48)21-31(44)29(20-24-12-14-26(15-13-24)25-8-3-2-4-9-25)42-35(49)30-11-5-6-19-43(30)36(50)28(16-17-33(46)47)41-32(45)22-37;1-21(36)38-15-6-9-25(32(37)46)19-29(42)27(18-22-11-12-23-7-2-3-8-24(23)17-22)40-33(47)28-10-4-5-16-41(28)34(48)26(13-14-31(44)45)39-30(43)20-35;1-19(37)23(18-36)16-27(38)25(15-20-9-10-21-6-2-3-7-22(21)14-20)34-30(42)26-8-4-5-13-35(26)31(43)24(11-12-29(40)41)33-28(39)17-32/h2-4,8-9,12-15,27-30H,5-7,10-11,16-22H2,1H3,(H2,38,40)(H2,39,48)(H,41,45)(H,42,49)(H,46,47);2-3,7-8,11-12,17,25-28H,4-6,9-10,13-16,18-20H2,1H3,(H2,36,38)(H2,37,46)(H,39,43)(H,40,47)(H,44,45);2-3,6-7,9-10,14,23-26,36H,4-5,8,11-13,15-18H2,1H3,(H,33,39)(H,34,42)(H,40,41)/t27-,28+,29+,30+;25-,26+,27+,28+;23-,24-,25-,26-/m110/s1. The number of nitrogens with zero attached hydrogens (tertiary/aromatic N) is 5. The fourth-order valence-corrected chi connectivity index (χ4v) is 17.3. The summed E-state index contributed by atoms with van der Waals surface area (Å²) in [5.74, 6) is -14.7. The van der Waals surface area contributed by atoms with Gasteiger partial charge in [0.15, 0.2) is 17.3 Å².